The standard InChI is InChI=1S/C22H26N4O3S/c1-4-5-13-26-21(28)24-25-22(26)30-19(16-9-7-6-8-10-16)20(27)23-17-14-15(2)11-12-18(17)29-3/h6-12,14,19H,4-5,13H2,1-3H3,(H,23,27)(H,24,28). The zero-order valence-electron chi connectivity index (χ0n) is 17.3. The number of unbranched alkanes of at least 4 members (excludes halogenated alkanes) is 1. The Balaban J connectivity index is 1.92. The van der Waals surface area contributed by atoms with Gasteiger partial charge in [0.15, 0.2) is 5.16 Å². The van der Waals surface area contributed by atoms with E-state index in [-0.39, 0.29) is 11.6 Å². The molecule has 0 spiro atoms. The Morgan fingerprint density at radius 2 is 2.03 bits per heavy atom. The van der Waals surface area contributed by atoms with Gasteiger partial charge in [-0.15, -0.1) is 5.10 Å². The van der Waals surface area contributed by atoms with Crippen molar-refractivity contribution in [2.75, 3.05) is 12.4 Å². The van der Waals surface area contributed by atoms with Crippen molar-refractivity contribution in [2.24, 2.45) is 0 Å². The Hall–Kier alpha value is -3.00. The summed E-state index contributed by atoms with van der Waals surface area (Å²) in [5.41, 5.74) is 2.17. The van der Waals surface area contributed by atoms with Crippen molar-refractivity contribution in [1.82, 2.24) is 14.8 Å². The Kier molecular flexibility index (Phi) is 7.35. The van der Waals surface area contributed by atoms with Gasteiger partial charge >= 0.3 is 5.69 Å². The number of aromatic amines is 1. The number of hydrogen-bond donors (Lipinski definition) is 2. The molecule has 1 atom stereocenters. The SMILES string of the molecule is CCCCn1c(SC(C(=O)Nc2cc(C)ccc2OC)c2ccccc2)n[nH]c1=O. The lowest BCUT2D eigenvalue weighted by atomic mass is 10.1. The van der Waals surface area contributed by atoms with Gasteiger partial charge in [-0.25, -0.2) is 9.89 Å². The third-order valence-corrected chi connectivity index (χ3v) is 5.88. The summed E-state index contributed by atoms with van der Waals surface area (Å²) in [6.07, 6.45) is 1.81. The summed E-state index contributed by atoms with van der Waals surface area (Å²) in [5, 5.41) is 9.54. The first-order chi connectivity index (χ1) is 14.5. The molecule has 0 radical (unpaired) electrons. The predicted octanol–water partition coefficient (Wildman–Crippen LogP) is 4.16. The molecule has 158 valence electrons. The van der Waals surface area contributed by atoms with Crippen LogP contribution in [0.2, 0.25) is 0 Å². The number of ether oxygens (including phenoxy) is 1. The van der Waals surface area contributed by atoms with E-state index < -0.39 is 5.25 Å². The van der Waals surface area contributed by atoms with Crippen LogP contribution in [0.3, 0.4) is 0 Å². The molecule has 3 rings (SSSR count). The normalized spacial score (nSPS) is 11.8. The molecular formula is C22H26N4O3S. The van der Waals surface area contributed by atoms with Crippen LogP contribution in [0.15, 0.2) is 58.5 Å². The molecule has 0 aliphatic heterocycles. The number of nitrogens with one attached hydrogen (secondary N) is 2. The highest BCUT2D eigenvalue weighted by Gasteiger charge is 2.26. The van der Waals surface area contributed by atoms with E-state index in [0.29, 0.717) is 23.1 Å². The Labute approximate surface area is 179 Å². The number of hydrogen-bond acceptors (Lipinski definition) is 5. The van der Waals surface area contributed by atoms with Crippen LogP contribution in [-0.2, 0) is 11.3 Å². The lowest BCUT2D eigenvalue weighted by Gasteiger charge is -2.18. The highest BCUT2D eigenvalue weighted by Crippen LogP contribution is 2.36. The van der Waals surface area contributed by atoms with Gasteiger partial charge in [0.2, 0.25) is 5.91 Å². The van der Waals surface area contributed by atoms with Gasteiger partial charge < -0.3 is 10.1 Å². The second-order valence-corrected chi connectivity index (χ2v) is 7.99. The summed E-state index contributed by atoms with van der Waals surface area (Å²) < 4.78 is 6.98. The molecule has 1 amide bonds. The minimum absolute atomic E-state index is 0.215. The summed E-state index contributed by atoms with van der Waals surface area (Å²) in [4.78, 5) is 25.5. The third kappa shape index (κ3) is 5.13. The first kappa shape index (κ1) is 21.7. The number of benzene rings is 2. The Bertz CT molecular complexity index is 1050. The monoisotopic (exact) mass is 426 g/mol. The van der Waals surface area contributed by atoms with Crippen molar-refractivity contribution in [3.8, 4) is 5.75 Å². The number of carbonyl (C=O) groups excluding carboxylic acids is 1. The van der Waals surface area contributed by atoms with E-state index in [9.17, 15) is 9.59 Å². The van der Waals surface area contributed by atoms with E-state index in [0.717, 1.165) is 24.0 Å². The average Bonchev–Trinajstić information content (AvgIpc) is 3.10. The van der Waals surface area contributed by atoms with Gasteiger partial charge in [0.05, 0.1) is 12.8 Å². The number of carbonyl (C=O) groups is 1. The molecule has 0 saturated heterocycles. The number of nitrogens with zero attached hydrogens (tertiary/aromatic N) is 2. The zero-order chi connectivity index (χ0) is 21.5. The van der Waals surface area contributed by atoms with Crippen LogP contribution in [0, 0.1) is 6.92 Å². The van der Waals surface area contributed by atoms with Crippen molar-refractivity contribution in [3.05, 3.63) is 70.1 Å². The summed E-state index contributed by atoms with van der Waals surface area (Å²) in [6, 6.07) is 15.1. The summed E-state index contributed by atoms with van der Waals surface area (Å²) >= 11 is 1.25. The van der Waals surface area contributed by atoms with Crippen LogP contribution in [-0.4, -0.2) is 27.8 Å². The minimum Gasteiger partial charge on any atom is -0.495 e. The molecule has 3 aromatic rings. The van der Waals surface area contributed by atoms with Gasteiger partial charge in [-0.1, -0.05) is 61.5 Å². The molecule has 2 aromatic carbocycles. The zero-order valence-corrected chi connectivity index (χ0v) is 18.2. The van der Waals surface area contributed by atoms with Crippen LogP contribution in [0.25, 0.3) is 0 Å². The lowest BCUT2D eigenvalue weighted by Crippen LogP contribution is -2.21. The van der Waals surface area contributed by atoms with Crippen molar-refractivity contribution in [2.45, 2.75) is 43.6 Å². The molecule has 0 aliphatic rings. The minimum atomic E-state index is -0.591. The van der Waals surface area contributed by atoms with Gasteiger partial charge in [-0.3, -0.25) is 9.36 Å². The third-order valence-electron chi connectivity index (χ3n) is 4.64. The maximum absolute atomic E-state index is 13.3. The number of H-pyrrole nitrogens is 1. The van der Waals surface area contributed by atoms with Gasteiger partial charge in [0.25, 0.3) is 0 Å². The van der Waals surface area contributed by atoms with Crippen LogP contribution in [0.5, 0.6) is 5.75 Å². The van der Waals surface area contributed by atoms with Crippen molar-refractivity contribution in [1.29, 1.82) is 0 Å². The van der Waals surface area contributed by atoms with E-state index in [2.05, 4.69) is 22.4 Å². The van der Waals surface area contributed by atoms with E-state index in [1.54, 1.807) is 11.7 Å². The van der Waals surface area contributed by atoms with E-state index in [4.69, 9.17) is 4.74 Å². The predicted molar refractivity (Wildman–Crippen MR) is 119 cm³/mol. The molecule has 8 heteroatoms. The molecule has 0 aliphatic carbocycles. The second-order valence-electron chi connectivity index (χ2n) is 6.92. The highest BCUT2D eigenvalue weighted by molar-refractivity contribution is 8.00. The number of anilines is 1. The molecule has 30 heavy (non-hydrogen) atoms. The molecule has 7 nitrogen and oxygen atoms in total. The number of aryl methyl sites for hydroxylation is 1. The highest BCUT2D eigenvalue weighted by atomic mass is 32.2. The van der Waals surface area contributed by atoms with Gasteiger partial charge in [-0.2, -0.15) is 0 Å². The first-order valence-corrected chi connectivity index (χ1v) is 10.7. The Morgan fingerprint density at radius 3 is 2.73 bits per heavy atom. The van der Waals surface area contributed by atoms with Gasteiger partial charge in [0.1, 0.15) is 11.0 Å². The topological polar surface area (TPSA) is 89.0 Å². The summed E-state index contributed by atoms with van der Waals surface area (Å²) in [6.45, 7) is 4.57. The number of aromatic nitrogens is 3. The fraction of sp³-hybridized carbons (Fsp3) is 0.318. The number of thioether (sulfide) groups is 1. The van der Waals surface area contributed by atoms with Crippen molar-refractivity contribution < 1.29 is 9.53 Å². The molecule has 1 heterocycles. The summed E-state index contributed by atoms with van der Waals surface area (Å²) in [5.74, 6) is 0.373. The molecule has 0 bridgehead atoms. The van der Waals surface area contributed by atoms with E-state index in [1.807, 2.05) is 55.5 Å². The maximum atomic E-state index is 13.3. The molecule has 1 aromatic heterocycles. The van der Waals surface area contributed by atoms with Crippen molar-refractivity contribution >= 4 is 23.4 Å². The molecule has 2 N–H and O–H groups in total. The molecular weight excluding hydrogens is 400 g/mol. The fourth-order valence-corrected chi connectivity index (χ4v) is 4.10. The molecule has 1 unspecified atom stereocenters. The lowest BCUT2D eigenvalue weighted by molar-refractivity contribution is -0.115. The van der Waals surface area contributed by atoms with Crippen LogP contribution in [0.1, 0.15) is 36.1 Å². The average molecular weight is 427 g/mol. The van der Waals surface area contributed by atoms with Crippen molar-refractivity contribution in [3.63, 3.8) is 0 Å². The van der Waals surface area contributed by atoms with Crippen LogP contribution >= 0.6 is 11.8 Å². The Morgan fingerprint density at radius 1 is 1.27 bits per heavy atom. The fourth-order valence-electron chi connectivity index (χ4n) is 3.03. The van der Waals surface area contributed by atoms with Crippen LogP contribution < -0.4 is 15.7 Å². The van der Waals surface area contributed by atoms with Crippen LogP contribution in [0.4, 0.5) is 5.69 Å². The largest absolute Gasteiger partial charge is 0.495 e. The maximum Gasteiger partial charge on any atom is 0.343 e. The molecule has 0 saturated carbocycles. The first-order valence-electron chi connectivity index (χ1n) is 9.85. The van der Waals surface area contributed by atoms with E-state index >= 15 is 0 Å². The molecule has 0 fully saturated rings. The summed E-state index contributed by atoms with van der Waals surface area (Å²) in [7, 11) is 1.57. The smallest absolute Gasteiger partial charge is 0.343 e. The number of methoxy groups -OCH3 is 1. The van der Waals surface area contributed by atoms with Gasteiger partial charge in [-0.05, 0) is 36.6 Å². The van der Waals surface area contributed by atoms with Gasteiger partial charge in [0, 0.05) is 6.54 Å². The quantitative estimate of drug-likeness (QED) is 0.502. The number of amides is 1. The van der Waals surface area contributed by atoms with E-state index in [1.165, 1.54) is 11.8 Å². The second kappa shape index (κ2) is 10.2. The number of rotatable bonds is 9.